The number of carboxylic acid groups (broad SMARTS) is 2. The van der Waals surface area contributed by atoms with Crippen LogP contribution in [-0.4, -0.2) is 90.5 Å². The molecule has 2 unspecified atom stereocenters. The molecule has 8 N–H and O–H groups in total. The number of anilines is 1. The quantitative estimate of drug-likeness (QED) is 0.0339. The Kier molecular flexibility index (Phi) is 15.2. The highest BCUT2D eigenvalue weighted by atomic mass is 33.1. The third-order valence-corrected chi connectivity index (χ3v) is 11.8. The summed E-state index contributed by atoms with van der Waals surface area (Å²) in [5.74, 6) is -3.05. The average molecular weight is 739 g/mol. The molecule has 3 heterocycles. The fraction of sp³-hybridized carbons (Fsp3) is 0.516. The summed E-state index contributed by atoms with van der Waals surface area (Å²) in [5, 5.41) is 25.3. The summed E-state index contributed by atoms with van der Waals surface area (Å²) in [4.78, 5) is 82.3. The van der Waals surface area contributed by atoms with Gasteiger partial charge in [0.25, 0.3) is 11.5 Å². The van der Waals surface area contributed by atoms with Crippen LogP contribution in [-0.2, 0) is 36.8 Å². The average Bonchev–Trinajstić information content (AvgIpc) is 3.67. The maximum absolute atomic E-state index is 12.8. The first-order chi connectivity index (χ1) is 23.2. The molecule has 49 heavy (non-hydrogen) atoms. The third-order valence-electron chi connectivity index (χ3n) is 7.38. The molecule has 0 fully saturated rings. The largest absolute Gasteiger partial charge is 0.480 e. The van der Waals surface area contributed by atoms with Gasteiger partial charge in [0.2, 0.25) is 5.95 Å². The van der Waals surface area contributed by atoms with E-state index < -0.39 is 40.6 Å². The lowest BCUT2D eigenvalue weighted by molar-refractivity contribution is -0.144. The van der Waals surface area contributed by atoms with Crippen molar-refractivity contribution in [1.29, 1.82) is 0 Å². The number of ether oxygens (including phenoxy) is 1. The number of thiophene rings is 1. The molecule has 3 atom stereocenters. The van der Waals surface area contributed by atoms with Crippen LogP contribution >= 0.6 is 32.9 Å². The van der Waals surface area contributed by atoms with Gasteiger partial charge in [-0.2, -0.15) is 4.98 Å². The summed E-state index contributed by atoms with van der Waals surface area (Å²) in [5.41, 5.74) is 6.52. The number of H-pyrrole nitrogens is 2. The molecule has 0 aliphatic heterocycles. The summed E-state index contributed by atoms with van der Waals surface area (Å²) < 4.78 is 4.50. The van der Waals surface area contributed by atoms with Gasteiger partial charge in [0.1, 0.15) is 30.6 Å². The standard InChI is InChI=1S/C31H42N6O9S3/c1-17(6-5-13-38)33-24(29(44)45)31(2,3)49-47-15-14-46-23(39)12-10-21(28(42)43)35-27(41)22-11-9-19(48-22)8-4-7-18-16-20-25(34-18)36-30(32)37-26(20)40/h9,11,13,16-17,21,24,33H,4-8,10,12,14-15H2,1-3H3,(H,35,41)(H,42,43)(H,44,45)(H4,32,34,36,37,40)/t17?,21-,24?/m0/s1. The van der Waals surface area contributed by atoms with E-state index in [9.17, 15) is 39.0 Å². The fourth-order valence-corrected chi connectivity index (χ4v) is 8.23. The van der Waals surface area contributed by atoms with E-state index in [4.69, 9.17) is 10.5 Å². The molecule has 0 saturated carbocycles. The first-order valence-corrected chi connectivity index (χ1v) is 18.7. The van der Waals surface area contributed by atoms with Gasteiger partial charge in [0, 0.05) is 40.0 Å². The summed E-state index contributed by atoms with van der Waals surface area (Å²) in [7, 11) is 2.68. The van der Waals surface area contributed by atoms with Crippen molar-refractivity contribution in [1.82, 2.24) is 25.6 Å². The van der Waals surface area contributed by atoms with Crippen molar-refractivity contribution in [2.45, 2.75) is 88.6 Å². The molecule has 15 nitrogen and oxygen atoms in total. The summed E-state index contributed by atoms with van der Waals surface area (Å²) >= 11 is 1.25. The number of hydrogen-bond acceptors (Lipinski definition) is 13. The maximum Gasteiger partial charge on any atom is 0.326 e. The normalized spacial score (nSPS) is 13.4. The number of esters is 1. The highest BCUT2D eigenvalue weighted by Gasteiger charge is 2.37. The Labute approximate surface area is 294 Å². The number of aliphatic carboxylic acids is 2. The zero-order chi connectivity index (χ0) is 36.1. The lowest BCUT2D eigenvalue weighted by Gasteiger charge is -2.33. The molecule has 0 saturated heterocycles. The maximum atomic E-state index is 12.8. The summed E-state index contributed by atoms with van der Waals surface area (Å²) in [6.45, 7) is 5.45. The van der Waals surface area contributed by atoms with Crippen LogP contribution in [0.2, 0.25) is 0 Å². The molecule has 0 aliphatic rings. The number of nitrogens with two attached hydrogens (primary N) is 1. The molecule has 3 rings (SSSR count). The predicted octanol–water partition coefficient (Wildman–Crippen LogP) is 3.15. The second-order valence-corrected chi connectivity index (χ2v) is 16.1. The Balaban J connectivity index is 1.38. The SMILES string of the molecule is CC(CCC=O)NC(C(=O)O)C(C)(C)SSCCOC(=O)CC[C@H](NC(=O)c1ccc(CCCc2cc3c(=O)[nH]c(N)nc3[nH]2)s1)C(=O)O. The van der Waals surface area contributed by atoms with Crippen LogP contribution in [0.1, 0.15) is 73.1 Å². The van der Waals surface area contributed by atoms with Crippen LogP contribution in [0.4, 0.5) is 5.95 Å². The van der Waals surface area contributed by atoms with Crippen molar-refractivity contribution >= 4 is 80.0 Å². The Morgan fingerprint density at radius 3 is 2.59 bits per heavy atom. The summed E-state index contributed by atoms with van der Waals surface area (Å²) in [6, 6.07) is 2.83. The van der Waals surface area contributed by atoms with Gasteiger partial charge in [-0.1, -0.05) is 21.6 Å². The number of carbonyl (C=O) groups excluding carboxylic acids is 3. The smallest absolute Gasteiger partial charge is 0.326 e. The Morgan fingerprint density at radius 1 is 1.14 bits per heavy atom. The number of nitrogens with zero attached hydrogens (tertiary/aromatic N) is 1. The number of fused-ring (bicyclic) bond motifs is 1. The van der Waals surface area contributed by atoms with Gasteiger partial charge in [-0.15, -0.1) is 11.3 Å². The topological polar surface area (TPSA) is 247 Å². The number of nitrogen functional groups attached to an aromatic ring is 1. The Bertz CT molecular complexity index is 1670. The molecule has 1 amide bonds. The molecule has 3 aromatic rings. The van der Waals surface area contributed by atoms with Gasteiger partial charge >= 0.3 is 17.9 Å². The van der Waals surface area contributed by atoms with Crippen LogP contribution in [0.15, 0.2) is 23.0 Å². The molecular weight excluding hydrogens is 697 g/mol. The molecule has 0 spiro atoms. The molecule has 0 aliphatic carbocycles. The van der Waals surface area contributed by atoms with Crippen molar-refractivity contribution in [3.8, 4) is 0 Å². The zero-order valence-electron chi connectivity index (χ0n) is 27.4. The van der Waals surface area contributed by atoms with Crippen molar-refractivity contribution in [3.05, 3.63) is 44.0 Å². The van der Waals surface area contributed by atoms with E-state index in [1.54, 1.807) is 32.0 Å². The van der Waals surface area contributed by atoms with Crippen LogP contribution in [0, 0.1) is 0 Å². The van der Waals surface area contributed by atoms with E-state index in [0.717, 1.165) is 23.3 Å². The van der Waals surface area contributed by atoms with Crippen molar-refractivity contribution < 1.29 is 38.9 Å². The van der Waals surface area contributed by atoms with E-state index in [1.165, 1.54) is 32.9 Å². The lowest BCUT2D eigenvalue weighted by Crippen LogP contribution is -2.53. The second-order valence-electron chi connectivity index (χ2n) is 11.8. The molecule has 0 aromatic carbocycles. The number of carboxylic acids is 2. The van der Waals surface area contributed by atoms with Crippen LogP contribution in [0.5, 0.6) is 0 Å². The number of rotatable bonds is 22. The highest BCUT2D eigenvalue weighted by Crippen LogP contribution is 2.38. The van der Waals surface area contributed by atoms with Gasteiger partial charge in [-0.3, -0.25) is 24.2 Å². The monoisotopic (exact) mass is 738 g/mol. The minimum atomic E-state index is -1.29. The lowest BCUT2D eigenvalue weighted by atomic mass is 10.0. The molecule has 18 heteroatoms. The number of aromatic amines is 2. The van der Waals surface area contributed by atoms with Crippen LogP contribution in [0.25, 0.3) is 11.0 Å². The number of aromatic nitrogens is 3. The molecular formula is C31H42N6O9S3. The Hall–Kier alpha value is -3.87. The number of aldehydes is 1. The predicted molar refractivity (Wildman–Crippen MR) is 190 cm³/mol. The third kappa shape index (κ3) is 12.5. The second kappa shape index (κ2) is 18.8. The first-order valence-electron chi connectivity index (χ1n) is 15.6. The van der Waals surface area contributed by atoms with Crippen molar-refractivity contribution in [2.75, 3.05) is 18.1 Å². The van der Waals surface area contributed by atoms with Crippen molar-refractivity contribution in [2.24, 2.45) is 0 Å². The number of nitrogens with one attached hydrogen (secondary N) is 4. The fourth-order valence-electron chi connectivity index (χ4n) is 4.82. The molecule has 268 valence electrons. The van der Waals surface area contributed by atoms with E-state index in [-0.39, 0.29) is 37.0 Å². The van der Waals surface area contributed by atoms with Crippen LogP contribution < -0.4 is 21.9 Å². The van der Waals surface area contributed by atoms with E-state index in [0.29, 0.717) is 47.3 Å². The first kappa shape index (κ1) is 39.6. The molecule has 0 bridgehead atoms. The molecule has 3 aromatic heterocycles. The van der Waals surface area contributed by atoms with E-state index in [2.05, 4.69) is 25.6 Å². The van der Waals surface area contributed by atoms with E-state index in [1.807, 2.05) is 6.92 Å². The molecule has 0 radical (unpaired) electrons. The van der Waals surface area contributed by atoms with Gasteiger partial charge in [0.05, 0.1) is 10.3 Å². The van der Waals surface area contributed by atoms with Gasteiger partial charge in [-0.25, -0.2) is 4.79 Å². The highest BCUT2D eigenvalue weighted by molar-refractivity contribution is 8.77. The number of aryl methyl sites for hydroxylation is 2. The minimum absolute atomic E-state index is 0.0314. The Morgan fingerprint density at radius 2 is 1.90 bits per heavy atom. The van der Waals surface area contributed by atoms with Gasteiger partial charge in [0.15, 0.2) is 0 Å². The van der Waals surface area contributed by atoms with Gasteiger partial charge in [-0.05, 0) is 71.1 Å². The minimum Gasteiger partial charge on any atom is -0.480 e. The van der Waals surface area contributed by atoms with Crippen LogP contribution in [0.3, 0.4) is 0 Å². The number of amides is 1. The zero-order valence-corrected chi connectivity index (χ0v) is 29.9. The number of carbonyl (C=O) groups is 5. The van der Waals surface area contributed by atoms with E-state index >= 15 is 0 Å². The number of hydrogen-bond donors (Lipinski definition) is 7. The van der Waals surface area contributed by atoms with Gasteiger partial charge < -0.3 is 41.1 Å². The van der Waals surface area contributed by atoms with Crippen molar-refractivity contribution in [3.63, 3.8) is 0 Å². The summed E-state index contributed by atoms with van der Waals surface area (Å²) in [6.07, 6.45) is 3.28.